The number of likely N-dealkylation sites (tertiary alicyclic amines) is 1. The Bertz CT molecular complexity index is 1060. The fourth-order valence-electron chi connectivity index (χ4n) is 4.17. The van der Waals surface area contributed by atoms with E-state index in [1.165, 1.54) is 11.3 Å². The zero-order chi connectivity index (χ0) is 22.5. The molecule has 0 bridgehead atoms. The Morgan fingerprint density at radius 2 is 1.69 bits per heavy atom. The normalized spacial score (nSPS) is 15.4. The molecule has 2 aromatic carbocycles. The average molecular weight is 448 g/mol. The molecule has 2 amide bonds. The smallest absolute Gasteiger partial charge is 0.265 e. The first-order valence-electron chi connectivity index (χ1n) is 11.2. The quantitative estimate of drug-likeness (QED) is 0.562. The molecule has 4 rings (SSSR count). The Kier molecular flexibility index (Phi) is 7.00. The van der Waals surface area contributed by atoms with Crippen LogP contribution in [0.15, 0.2) is 60.7 Å². The first kappa shape index (κ1) is 22.2. The summed E-state index contributed by atoms with van der Waals surface area (Å²) in [7, 11) is 0. The summed E-state index contributed by atoms with van der Waals surface area (Å²) in [6, 6.07) is 20.0. The number of aryl methyl sites for hydroxylation is 1. The van der Waals surface area contributed by atoms with Crippen molar-refractivity contribution in [2.45, 2.75) is 39.2 Å². The maximum absolute atomic E-state index is 13.1. The lowest BCUT2D eigenvalue weighted by Crippen LogP contribution is -2.39. The van der Waals surface area contributed by atoms with Crippen LogP contribution in [-0.4, -0.2) is 34.8 Å². The molecule has 0 aliphatic carbocycles. The van der Waals surface area contributed by atoms with Crippen LogP contribution in [0.1, 0.15) is 53.2 Å². The van der Waals surface area contributed by atoms with E-state index in [-0.39, 0.29) is 17.9 Å². The molecule has 1 unspecified atom stereocenters. The van der Waals surface area contributed by atoms with Crippen LogP contribution >= 0.6 is 11.3 Å². The number of benzene rings is 2. The van der Waals surface area contributed by atoms with Crippen molar-refractivity contribution in [3.63, 3.8) is 0 Å². The summed E-state index contributed by atoms with van der Waals surface area (Å²) in [4.78, 5) is 32.9. The molecule has 166 valence electrons. The maximum Gasteiger partial charge on any atom is 0.265 e. The van der Waals surface area contributed by atoms with Gasteiger partial charge in [0.05, 0.1) is 11.7 Å². The molecule has 3 aromatic rings. The predicted octanol–water partition coefficient (Wildman–Crippen LogP) is 5.24. The van der Waals surface area contributed by atoms with Crippen LogP contribution in [0.3, 0.4) is 0 Å². The van der Waals surface area contributed by atoms with E-state index in [1.807, 2.05) is 79.4 Å². The van der Waals surface area contributed by atoms with E-state index in [4.69, 9.17) is 0 Å². The summed E-state index contributed by atoms with van der Waals surface area (Å²) in [5.41, 5.74) is 2.93. The minimum Gasteiger partial charge on any atom is -0.350 e. The van der Waals surface area contributed by atoms with Gasteiger partial charge in [-0.3, -0.25) is 9.59 Å². The Labute approximate surface area is 193 Å². The van der Waals surface area contributed by atoms with Crippen LogP contribution in [-0.2, 0) is 4.79 Å². The molecule has 1 N–H and O–H groups in total. The minimum atomic E-state index is -0.00141. The Morgan fingerprint density at radius 3 is 2.34 bits per heavy atom. The van der Waals surface area contributed by atoms with Crippen molar-refractivity contribution in [3.05, 3.63) is 76.8 Å². The minimum absolute atomic E-state index is 0.00141. The summed E-state index contributed by atoms with van der Waals surface area (Å²) in [6.45, 7) is 5.28. The fraction of sp³-hybridized carbons (Fsp3) is 0.346. The Morgan fingerprint density at radius 1 is 1.06 bits per heavy atom. The molecule has 0 spiro atoms. The van der Waals surface area contributed by atoms with Crippen molar-refractivity contribution in [1.29, 1.82) is 0 Å². The van der Waals surface area contributed by atoms with Gasteiger partial charge in [0.25, 0.3) is 5.91 Å². The third-order valence-corrected chi connectivity index (χ3v) is 7.26. The van der Waals surface area contributed by atoms with Gasteiger partial charge in [-0.2, -0.15) is 0 Å². The van der Waals surface area contributed by atoms with Crippen LogP contribution < -0.4 is 5.32 Å². The average Bonchev–Trinajstić information content (AvgIpc) is 3.21. The van der Waals surface area contributed by atoms with Gasteiger partial charge in [-0.25, -0.2) is 4.98 Å². The zero-order valence-corrected chi connectivity index (χ0v) is 19.4. The number of hydrogen-bond acceptors (Lipinski definition) is 4. The predicted molar refractivity (Wildman–Crippen MR) is 129 cm³/mol. The van der Waals surface area contributed by atoms with E-state index in [2.05, 4.69) is 10.3 Å². The third kappa shape index (κ3) is 5.25. The SMILES string of the molecule is Cc1nc(-c2ccccc2)sc1C(=O)N1CCC(CC(=O)NC(C)c2ccccc2)CC1. The molecule has 2 heterocycles. The van der Waals surface area contributed by atoms with Crippen molar-refractivity contribution < 1.29 is 9.59 Å². The molecule has 0 radical (unpaired) electrons. The lowest BCUT2D eigenvalue weighted by atomic mass is 9.93. The maximum atomic E-state index is 13.1. The van der Waals surface area contributed by atoms with Crippen LogP contribution in [0.4, 0.5) is 0 Å². The van der Waals surface area contributed by atoms with Crippen molar-refractivity contribution in [2.75, 3.05) is 13.1 Å². The second-order valence-electron chi connectivity index (χ2n) is 8.44. The number of piperidine rings is 1. The van der Waals surface area contributed by atoms with Crippen LogP contribution in [0.5, 0.6) is 0 Å². The zero-order valence-electron chi connectivity index (χ0n) is 18.6. The highest BCUT2D eigenvalue weighted by Crippen LogP contribution is 2.30. The van der Waals surface area contributed by atoms with Crippen LogP contribution in [0, 0.1) is 12.8 Å². The largest absolute Gasteiger partial charge is 0.350 e. The lowest BCUT2D eigenvalue weighted by Gasteiger charge is -2.31. The van der Waals surface area contributed by atoms with Gasteiger partial charge >= 0.3 is 0 Å². The number of carbonyl (C=O) groups is 2. The van der Waals surface area contributed by atoms with Gasteiger partial charge in [-0.15, -0.1) is 11.3 Å². The Balaban J connectivity index is 1.29. The van der Waals surface area contributed by atoms with E-state index >= 15 is 0 Å². The molecule has 1 aromatic heterocycles. The molecule has 1 atom stereocenters. The second-order valence-corrected chi connectivity index (χ2v) is 9.44. The molecular formula is C26H29N3O2S. The molecule has 1 aliphatic rings. The van der Waals surface area contributed by atoms with Gasteiger partial charge in [-0.05, 0) is 38.2 Å². The first-order chi connectivity index (χ1) is 15.5. The van der Waals surface area contributed by atoms with Gasteiger partial charge in [0, 0.05) is 25.1 Å². The number of nitrogens with zero attached hydrogens (tertiary/aromatic N) is 2. The molecule has 0 saturated carbocycles. The van der Waals surface area contributed by atoms with E-state index < -0.39 is 0 Å². The Hall–Kier alpha value is -2.99. The van der Waals surface area contributed by atoms with Gasteiger partial charge in [0.15, 0.2) is 0 Å². The van der Waals surface area contributed by atoms with Crippen molar-refractivity contribution in [1.82, 2.24) is 15.2 Å². The highest BCUT2D eigenvalue weighted by Gasteiger charge is 2.28. The monoisotopic (exact) mass is 447 g/mol. The van der Waals surface area contributed by atoms with Gasteiger partial charge in [0.1, 0.15) is 9.88 Å². The van der Waals surface area contributed by atoms with Crippen molar-refractivity contribution in [3.8, 4) is 10.6 Å². The van der Waals surface area contributed by atoms with Crippen LogP contribution in [0.2, 0.25) is 0 Å². The summed E-state index contributed by atoms with van der Waals surface area (Å²) in [6.07, 6.45) is 2.21. The summed E-state index contributed by atoms with van der Waals surface area (Å²) in [5, 5.41) is 3.98. The van der Waals surface area contributed by atoms with E-state index in [9.17, 15) is 9.59 Å². The van der Waals surface area contributed by atoms with E-state index in [1.54, 1.807) is 0 Å². The summed E-state index contributed by atoms with van der Waals surface area (Å²) >= 11 is 1.46. The molecule has 1 saturated heterocycles. The molecule has 1 aliphatic heterocycles. The van der Waals surface area contributed by atoms with E-state index in [0.717, 1.165) is 39.5 Å². The number of carbonyl (C=O) groups excluding carboxylic acids is 2. The molecule has 5 nitrogen and oxygen atoms in total. The number of rotatable bonds is 6. The highest BCUT2D eigenvalue weighted by atomic mass is 32.1. The number of aromatic nitrogens is 1. The second kappa shape index (κ2) is 10.1. The number of nitrogens with one attached hydrogen (secondary N) is 1. The van der Waals surface area contributed by atoms with Crippen LogP contribution in [0.25, 0.3) is 10.6 Å². The van der Waals surface area contributed by atoms with Gasteiger partial charge in [-0.1, -0.05) is 60.7 Å². The van der Waals surface area contributed by atoms with Gasteiger partial charge in [0.2, 0.25) is 5.91 Å². The number of hydrogen-bond donors (Lipinski definition) is 1. The lowest BCUT2D eigenvalue weighted by molar-refractivity contribution is -0.122. The molecule has 32 heavy (non-hydrogen) atoms. The standard InChI is InChI=1S/C26H29N3O2S/c1-18(21-9-5-3-6-10-21)27-23(30)17-20-13-15-29(16-14-20)26(31)24-19(2)28-25(32-24)22-11-7-4-8-12-22/h3-12,18,20H,13-17H2,1-2H3,(H,27,30). The number of amides is 2. The molecular weight excluding hydrogens is 418 g/mol. The van der Waals surface area contributed by atoms with E-state index in [0.29, 0.717) is 25.4 Å². The molecule has 6 heteroatoms. The summed E-state index contributed by atoms with van der Waals surface area (Å²) in [5.74, 6) is 0.448. The fourth-order valence-corrected chi connectivity index (χ4v) is 5.21. The first-order valence-corrected chi connectivity index (χ1v) is 12.0. The molecule has 1 fully saturated rings. The summed E-state index contributed by atoms with van der Waals surface area (Å²) < 4.78 is 0. The highest BCUT2D eigenvalue weighted by molar-refractivity contribution is 7.17. The van der Waals surface area contributed by atoms with Gasteiger partial charge < -0.3 is 10.2 Å². The third-order valence-electron chi connectivity index (χ3n) is 6.06. The number of thiazole rings is 1. The van der Waals surface area contributed by atoms with Crippen molar-refractivity contribution >= 4 is 23.2 Å². The topological polar surface area (TPSA) is 62.3 Å². The van der Waals surface area contributed by atoms with Crippen molar-refractivity contribution in [2.24, 2.45) is 5.92 Å².